The predicted molar refractivity (Wildman–Crippen MR) is 48.1 cm³/mol. The lowest BCUT2D eigenvalue weighted by atomic mass is 10.2. The maximum atomic E-state index is 9.96. The largest absolute Gasteiger partial charge is 0.480 e. The summed E-state index contributed by atoms with van der Waals surface area (Å²) in [6.07, 6.45) is 1.39. The zero-order chi connectivity index (χ0) is 13.7. The second kappa shape index (κ2) is 12.8. The van der Waals surface area contributed by atoms with E-state index in [9.17, 15) is 4.79 Å². The monoisotopic (exact) mass is 243 g/mol. The zero-order valence-electron chi connectivity index (χ0n) is 8.35. The number of carboxylic acids is 1. The minimum absolute atomic E-state index is 0.565. The maximum absolute atomic E-state index is 9.96. The highest BCUT2D eigenvalue weighted by Gasteiger charge is 2.07. The zero-order valence-corrected chi connectivity index (χ0v) is 8.35. The molecule has 0 fully saturated rings. The highest BCUT2D eigenvalue weighted by molar-refractivity contribution is 5.72. The maximum Gasteiger partial charge on any atom is 0.320 e. The van der Waals surface area contributed by atoms with Crippen LogP contribution in [0.25, 0.3) is 0 Å². The number of nitrogens with zero attached hydrogens (tertiary/aromatic N) is 2. The van der Waals surface area contributed by atoms with Gasteiger partial charge in [-0.25, -0.2) is 0 Å². The van der Waals surface area contributed by atoms with Gasteiger partial charge in [0.05, 0.1) is 0 Å². The molecular weight excluding hydrogens is 230 g/mol. The van der Waals surface area contributed by atoms with Crippen molar-refractivity contribution in [1.29, 1.82) is 0 Å². The molecule has 0 aliphatic heterocycles. The van der Waals surface area contributed by atoms with Gasteiger partial charge in [-0.1, -0.05) is 13.3 Å². The van der Waals surface area contributed by atoms with Crippen LogP contribution in [0.15, 0.2) is 0 Å². The summed E-state index contributed by atoms with van der Waals surface area (Å²) in [4.78, 5) is 26.7. The number of carbonyl (C=O) groups is 1. The Morgan fingerprint density at radius 2 is 1.56 bits per heavy atom. The van der Waals surface area contributed by atoms with Gasteiger partial charge in [-0.3, -0.25) is 4.79 Å². The molecule has 0 aliphatic rings. The summed E-state index contributed by atoms with van der Waals surface area (Å²) in [7, 11) is 0. The minimum Gasteiger partial charge on any atom is -0.480 e. The van der Waals surface area contributed by atoms with Gasteiger partial charge in [0.2, 0.25) is 0 Å². The van der Waals surface area contributed by atoms with E-state index in [1.807, 2.05) is 6.92 Å². The number of aliphatic carboxylic acids is 1. The molecule has 0 aromatic rings. The molecule has 0 amide bonds. The molecule has 16 heavy (non-hydrogen) atoms. The van der Waals surface area contributed by atoms with E-state index in [4.69, 9.17) is 41.5 Å². The number of rotatable bonds is 3. The fourth-order valence-electron chi connectivity index (χ4n) is 0.434. The van der Waals surface area contributed by atoms with E-state index in [2.05, 4.69) is 0 Å². The van der Waals surface area contributed by atoms with E-state index in [1.54, 1.807) is 0 Å². The van der Waals surface area contributed by atoms with Gasteiger partial charge in [-0.15, -0.1) is 20.2 Å². The summed E-state index contributed by atoms with van der Waals surface area (Å²) in [5.74, 6) is -0.910. The van der Waals surface area contributed by atoms with Crippen molar-refractivity contribution in [2.45, 2.75) is 25.8 Å². The van der Waals surface area contributed by atoms with Crippen LogP contribution in [0.4, 0.5) is 0 Å². The second-order valence-electron chi connectivity index (χ2n) is 2.21. The highest BCUT2D eigenvalue weighted by atomic mass is 16.9. The molecule has 0 heterocycles. The molecule has 0 saturated carbocycles. The lowest BCUT2D eigenvalue weighted by Crippen LogP contribution is -2.29. The van der Waals surface area contributed by atoms with Gasteiger partial charge in [0.1, 0.15) is 6.04 Å². The first kappa shape index (κ1) is 19.4. The Hall–Kier alpha value is -2.17. The molecule has 1 unspecified atom stereocenters. The van der Waals surface area contributed by atoms with Crippen molar-refractivity contribution in [2.24, 2.45) is 5.73 Å². The minimum atomic E-state index is -1.50. The van der Waals surface area contributed by atoms with Crippen molar-refractivity contribution < 1.29 is 30.5 Å². The van der Waals surface area contributed by atoms with E-state index in [0.717, 1.165) is 6.42 Å². The molecule has 0 bridgehead atoms. The van der Waals surface area contributed by atoms with Crippen molar-refractivity contribution in [1.82, 2.24) is 0 Å². The van der Waals surface area contributed by atoms with Crippen LogP contribution in [0.5, 0.6) is 0 Å². The van der Waals surface area contributed by atoms with E-state index < -0.39 is 22.2 Å². The lowest BCUT2D eigenvalue weighted by molar-refractivity contribution is -0.742. The molecule has 0 aromatic heterocycles. The smallest absolute Gasteiger partial charge is 0.320 e. The van der Waals surface area contributed by atoms with Crippen molar-refractivity contribution >= 4 is 5.97 Å². The van der Waals surface area contributed by atoms with E-state index in [-0.39, 0.29) is 0 Å². The summed E-state index contributed by atoms with van der Waals surface area (Å²) in [6, 6.07) is -0.667. The van der Waals surface area contributed by atoms with Crippen LogP contribution in [0.1, 0.15) is 19.8 Å². The van der Waals surface area contributed by atoms with Gasteiger partial charge in [0, 0.05) is 0 Å². The summed E-state index contributed by atoms with van der Waals surface area (Å²) in [5, 5.41) is 35.5. The quantitative estimate of drug-likeness (QED) is 0.373. The highest BCUT2D eigenvalue weighted by Crippen LogP contribution is 1.91. The lowest BCUT2D eigenvalue weighted by Gasteiger charge is -2.00. The predicted octanol–water partition coefficient (Wildman–Crippen LogP) is -0.497. The molecule has 0 saturated heterocycles. The standard InChI is InChI=1S/C5H11NO2.2HNO3/c1-2-3-4(6)5(7)8;2*2-1(3)4/h4H,2-3,6H2,1H3,(H,7,8);2*(H,2,3,4). The van der Waals surface area contributed by atoms with Crippen molar-refractivity contribution in [3.63, 3.8) is 0 Å². The number of carboxylic acid groups (broad SMARTS) is 1. The Morgan fingerprint density at radius 3 is 1.62 bits per heavy atom. The fourth-order valence-corrected chi connectivity index (χ4v) is 0.434. The van der Waals surface area contributed by atoms with Gasteiger partial charge in [-0.2, -0.15) is 0 Å². The number of nitrogens with two attached hydrogens (primary N) is 1. The third-order valence-corrected chi connectivity index (χ3v) is 0.917. The molecule has 0 aromatic carbocycles. The Kier molecular flexibility index (Phi) is 15.6. The van der Waals surface area contributed by atoms with Crippen molar-refractivity contribution in [3.05, 3.63) is 20.2 Å². The van der Waals surface area contributed by atoms with Gasteiger partial charge in [-0.05, 0) is 6.42 Å². The first-order valence-corrected chi connectivity index (χ1v) is 3.80. The molecule has 11 nitrogen and oxygen atoms in total. The van der Waals surface area contributed by atoms with Crippen LogP contribution < -0.4 is 5.73 Å². The Balaban J connectivity index is -0.000000179. The number of hydrogen-bond acceptors (Lipinski definition) is 6. The Morgan fingerprint density at radius 1 is 1.31 bits per heavy atom. The Bertz CT molecular complexity index is 200. The SMILES string of the molecule is CCCC(N)C(=O)O.O=[N+]([O-])O.O=[N+]([O-])O. The normalized spacial score (nSPS) is 9.62. The molecule has 1 atom stereocenters. The first-order valence-electron chi connectivity index (χ1n) is 3.80. The molecule has 0 rings (SSSR count). The van der Waals surface area contributed by atoms with E-state index in [1.165, 1.54) is 0 Å². The van der Waals surface area contributed by atoms with Gasteiger partial charge in [0.25, 0.3) is 10.2 Å². The Labute approximate surface area is 89.3 Å². The summed E-state index contributed by atoms with van der Waals surface area (Å²) < 4.78 is 0. The van der Waals surface area contributed by atoms with Crippen LogP contribution in [0.2, 0.25) is 0 Å². The van der Waals surface area contributed by atoms with Crippen LogP contribution >= 0.6 is 0 Å². The third kappa shape index (κ3) is 59.5. The average molecular weight is 243 g/mol. The van der Waals surface area contributed by atoms with Crippen LogP contribution in [-0.2, 0) is 4.79 Å². The van der Waals surface area contributed by atoms with Gasteiger partial charge >= 0.3 is 5.97 Å². The molecule has 96 valence electrons. The third-order valence-electron chi connectivity index (χ3n) is 0.917. The van der Waals surface area contributed by atoms with Crippen LogP contribution in [0.3, 0.4) is 0 Å². The molecule has 5 N–H and O–H groups in total. The van der Waals surface area contributed by atoms with E-state index in [0.29, 0.717) is 6.42 Å². The van der Waals surface area contributed by atoms with Gasteiger partial charge < -0.3 is 21.3 Å². The number of hydrogen-bond donors (Lipinski definition) is 4. The average Bonchev–Trinajstić information content (AvgIpc) is 2.02. The topological polar surface area (TPSA) is 190 Å². The molecule has 0 aliphatic carbocycles. The fraction of sp³-hybridized carbons (Fsp3) is 0.800. The molecular formula is C5H13N3O8. The summed E-state index contributed by atoms with van der Waals surface area (Å²) in [5.41, 5.74) is 5.13. The molecule has 0 radical (unpaired) electrons. The first-order chi connectivity index (χ1) is 7.14. The van der Waals surface area contributed by atoms with Crippen molar-refractivity contribution in [2.75, 3.05) is 0 Å². The summed E-state index contributed by atoms with van der Waals surface area (Å²) in [6.45, 7) is 1.91. The second-order valence-corrected chi connectivity index (χ2v) is 2.21. The molecule has 11 heteroatoms. The van der Waals surface area contributed by atoms with Gasteiger partial charge in [0.15, 0.2) is 0 Å². The van der Waals surface area contributed by atoms with E-state index >= 15 is 0 Å². The van der Waals surface area contributed by atoms with Crippen molar-refractivity contribution in [3.8, 4) is 0 Å². The van der Waals surface area contributed by atoms with Crippen LogP contribution in [-0.4, -0.2) is 37.7 Å². The summed E-state index contributed by atoms with van der Waals surface area (Å²) >= 11 is 0. The van der Waals surface area contributed by atoms with Crippen LogP contribution in [0, 0.1) is 20.2 Å². The molecule has 0 spiro atoms.